The van der Waals surface area contributed by atoms with Crippen LogP contribution in [0.3, 0.4) is 0 Å². The van der Waals surface area contributed by atoms with E-state index >= 15 is 0 Å². The third-order valence-electron chi connectivity index (χ3n) is 3.06. The van der Waals surface area contributed by atoms with Crippen molar-refractivity contribution in [1.29, 1.82) is 0 Å². The molecule has 1 aromatic heterocycles. The first kappa shape index (κ1) is 17.4. The van der Waals surface area contributed by atoms with Crippen molar-refractivity contribution in [3.8, 4) is 0 Å². The number of aryl methyl sites for hydroxylation is 1. The maximum Gasteiger partial charge on any atom is 0.0558 e. The van der Waals surface area contributed by atoms with Gasteiger partial charge in [-0.15, -0.1) is 17.9 Å². The minimum Gasteiger partial charge on any atom is -0.395 e. The highest BCUT2D eigenvalue weighted by Crippen LogP contribution is 2.23. The van der Waals surface area contributed by atoms with Crippen LogP contribution in [0.2, 0.25) is 0 Å². The summed E-state index contributed by atoms with van der Waals surface area (Å²) in [6, 6.07) is 2.28. The summed E-state index contributed by atoms with van der Waals surface area (Å²) in [5.74, 6) is 0. The topological polar surface area (TPSA) is 35.5 Å². The molecule has 1 rings (SSSR count). The molecule has 0 saturated carbocycles. The van der Waals surface area contributed by atoms with Crippen molar-refractivity contribution >= 4 is 11.3 Å². The van der Waals surface area contributed by atoms with Crippen molar-refractivity contribution in [1.82, 2.24) is 10.2 Å². The Morgan fingerprint density at radius 1 is 1.45 bits per heavy atom. The molecule has 0 atom stereocenters. The first-order chi connectivity index (χ1) is 9.35. The van der Waals surface area contributed by atoms with E-state index in [0.717, 1.165) is 19.6 Å². The van der Waals surface area contributed by atoms with Crippen molar-refractivity contribution in [3.63, 3.8) is 0 Å². The highest BCUT2D eigenvalue weighted by atomic mass is 32.1. The van der Waals surface area contributed by atoms with Crippen LogP contribution in [-0.4, -0.2) is 35.2 Å². The monoisotopic (exact) mass is 296 g/mol. The lowest BCUT2D eigenvalue weighted by Gasteiger charge is -2.20. The Hall–Kier alpha value is -0.680. The predicted octanol–water partition coefficient (Wildman–Crippen LogP) is 2.92. The van der Waals surface area contributed by atoms with Crippen molar-refractivity contribution < 1.29 is 5.11 Å². The maximum absolute atomic E-state index is 9.11. The van der Waals surface area contributed by atoms with Gasteiger partial charge >= 0.3 is 0 Å². The van der Waals surface area contributed by atoms with E-state index in [0.29, 0.717) is 6.54 Å². The van der Waals surface area contributed by atoms with Gasteiger partial charge in [0.25, 0.3) is 0 Å². The second-order valence-corrected chi connectivity index (χ2v) is 7.49. The molecule has 0 fully saturated rings. The second kappa shape index (κ2) is 7.93. The summed E-state index contributed by atoms with van der Waals surface area (Å²) in [4.78, 5) is 4.95. The molecular weight excluding hydrogens is 268 g/mol. The molecule has 4 heteroatoms. The fraction of sp³-hybridized carbons (Fsp3) is 0.625. The Bertz CT molecular complexity index is 421. The van der Waals surface area contributed by atoms with Gasteiger partial charge < -0.3 is 10.4 Å². The van der Waals surface area contributed by atoms with Gasteiger partial charge in [0.2, 0.25) is 0 Å². The molecule has 0 unspecified atom stereocenters. The molecule has 0 spiro atoms. The van der Waals surface area contributed by atoms with Crippen LogP contribution in [0.1, 0.15) is 36.1 Å². The smallest absolute Gasteiger partial charge is 0.0558 e. The zero-order valence-corrected chi connectivity index (χ0v) is 14.0. The van der Waals surface area contributed by atoms with Crippen LogP contribution in [0.4, 0.5) is 0 Å². The molecule has 2 N–H and O–H groups in total. The van der Waals surface area contributed by atoms with Crippen LogP contribution in [0.15, 0.2) is 18.7 Å². The molecule has 1 aromatic rings. The Morgan fingerprint density at radius 3 is 2.70 bits per heavy atom. The van der Waals surface area contributed by atoms with Crippen molar-refractivity contribution in [2.75, 3.05) is 19.7 Å². The average Bonchev–Trinajstić information content (AvgIpc) is 2.68. The van der Waals surface area contributed by atoms with Gasteiger partial charge in [-0.25, -0.2) is 0 Å². The summed E-state index contributed by atoms with van der Waals surface area (Å²) in [5.41, 5.74) is 1.50. The van der Waals surface area contributed by atoms with Gasteiger partial charge in [-0.2, -0.15) is 0 Å². The Morgan fingerprint density at radius 2 is 2.15 bits per heavy atom. The molecule has 0 aliphatic heterocycles. The first-order valence-corrected chi connectivity index (χ1v) is 7.94. The Balaban J connectivity index is 2.66. The van der Waals surface area contributed by atoms with E-state index in [9.17, 15) is 0 Å². The molecule has 0 aliphatic rings. The van der Waals surface area contributed by atoms with Gasteiger partial charge in [-0.1, -0.05) is 6.08 Å². The van der Waals surface area contributed by atoms with Gasteiger partial charge in [0.1, 0.15) is 0 Å². The number of hydrogen-bond acceptors (Lipinski definition) is 4. The molecule has 3 nitrogen and oxygen atoms in total. The number of nitrogens with zero attached hydrogens (tertiary/aromatic N) is 1. The standard InChI is InChI=1S/C16H28N2OS/c1-6-7-18(8-9-19)12-14-10-15(20-13(14)2)11-17-16(3,4)5/h6,10,17,19H,1,7-9,11-12H2,2-5H3. The quantitative estimate of drug-likeness (QED) is 0.724. The van der Waals surface area contributed by atoms with Gasteiger partial charge in [-0.3, -0.25) is 4.90 Å². The van der Waals surface area contributed by atoms with E-state index in [1.165, 1.54) is 15.3 Å². The van der Waals surface area contributed by atoms with E-state index in [2.05, 4.69) is 50.6 Å². The summed E-state index contributed by atoms with van der Waals surface area (Å²) < 4.78 is 0. The Labute approximate surface area is 127 Å². The predicted molar refractivity (Wildman–Crippen MR) is 88.2 cm³/mol. The minimum absolute atomic E-state index is 0.143. The lowest BCUT2D eigenvalue weighted by atomic mass is 10.1. The summed E-state index contributed by atoms with van der Waals surface area (Å²) in [6.07, 6.45) is 1.89. The minimum atomic E-state index is 0.143. The molecular formula is C16H28N2OS. The molecule has 1 heterocycles. The molecule has 0 saturated heterocycles. The largest absolute Gasteiger partial charge is 0.395 e. The fourth-order valence-electron chi connectivity index (χ4n) is 1.98. The van der Waals surface area contributed by atoms with Crippen LogP contribution >= 0.6 is 11.3 Å². The van der Waals surface area contributed by atoms with Gasteiger partial charge in [0.15, 0.2) is 0 Å². The van der Waals surface area contributed by atoms with Gasteiger partial charge in [0, 0.05) is 41.5 Å². The van der Waals surface area contributed by atoms with E-state index in [4.69, 9.17) is 5.11 Å². The van der Waals surface area contributed by atoms with Crippen LogP contribution in [0.25, 0.3) is 0 Å². The molecule has 0 radical (unpaired) electrons. The summed E-state index contributed by atoms with van der Waals surface area (Å²) >= 11 is 1.86. The normalized spacial score (nSPS) is 12.1. The summed E-state index contributed by atoms with van der Waals surface area (Å²) in [6.45, 7) is 16.0. The van der Waals surface area contributed by atoms with Crippen LogP contribution in [0, 0.1) is 6.92 Å². The molecule has 0 bridgehead atoms. The third kappa shape index (κ3) is 6.18. The second-order valence-electron chi connectivity index (χ2n) is 6.15. The van der Waals surface area contributed by atoms with Crippen LogP contribution in [-0.2, 0) is 13.1 Å². The highest BCUT2D eigenvalue weighted by Gasteiger charge is 2.12. The van der Waals surface area contributed by atoms with Crippen molar-refractivity contribution in [3.05, 3.63) is 34.0 Å². The zero-order chi connectivity index (χ0) is 15.2. The molecule has 114 valence electrons. The SMILES string of the molecule is C=CCN(CCO)Cc1cc(CNC(C)(C)C)sc1C. The van der Waals surface area contributed by atoms with E-state index < -0.39 is 0 Å². The zero-order valence-electron chi connectivity index (χ0n) is 13.2. The summed E-state index contributed by atoms with van der Waals surface area (Å²) in [5, 5.41) is 12.6. The van der Waals surface area contributed by atoms with Crippen LogP contribution in [0.5, 0.6) is 0 Å². The third-order valence-corrected chi connectivity index (χ3v) is 4.15. The molecule has 0 amide bonds. The number of aliphatic hydroxyl groups excluding tert-OH is 1. The van der Waals surface area contributed by atoms with E-state index in [1.54, 1.807) is 0 Å². The van der Waals surface area contributed by atoms with Crippen molar-refractivity contribution in [2.24, 2.45) is 0 Å². The maximum atomic E-state index is 9.11. The van der Waals surface area contributed by atoms with Crippen molar-refractivity contribution in [2.45, 2.75) is 46.3 Å². The summed E-state index contributed by atoms with van der Waals surface area (Å²) in [7, 11) is 0. The molecule has 0 aromatic carbocycles. The fourth-order valence-corrected chi connectivity index (χ4v) is 2.98. The first-order valence-electron chi connectivity index (χ1n) is 7.13. The number of aliphatic hydroxyl groups is 1. The van der Waals surface area contributed by atoms with Gasteiger partial charge in [0.05, 0.1) is 6.61 Å². The molecule has 20 heavy (non-hydrogen) atoms. The Kier molecular flexibility index (Phi) is 6.89. The molecule has 0 aliphatic carbocycles. The van der Waals surface area contributed by atoms with Crippen LogP contribution < -0.4 is 5.32 Å². The number of rotatable bonds is 8. The van der Waals surface area contributed by atoms with E-state index in [-0.39, 0.29) is 12.1 Å². The lowest BCUT2D eigenvalue weighted by molar-refractivity contribution is 0.203. The number of hydrogen-bond donors (Lipinski definition) is 2. The van der Waals surface area contributed by atoms with E-state index in [1.807, 2.05) is 17.4 Å². The number of thiophene rings is 1. The average molecular weight is 296 g/mol. The number of nitrogens with one attached hydrogen (secondary N) is 1. The highest BCUT2D eigenvalue weighted by molar-refractivity contribution is 7.12. The van der Waals surface area contributed by atoms with Gasteiger partial charge in [-0.05, 0) is 39.3 Å². The lowest BCUT2D eigenvalue weighted by Crippen LogP contribution is -2.34.